The van der Waals surface area contributed by atoms with Gasteiger partial charge in [-0.05, 0) is 31.7 Å². The molecule has 0 fully saturated rings. The number of carbonyl (C=O) groups is 1. The molecular formula is C14H19N5O. The Morgan fingerprint density at radius 3 is 2.75 bits per heavy atom. The van der Waals surface area contributed by atoms with E-state index in [9.17, 15) is 4.79 Å². The minimum atomic E-state index is -0.289. The first-order chi connectivity index (χ1) is 9.60. The van der Waals surface area contributed by atoms with E-state index in [0.717, 1.165) is 11.3 Å². The normalized spacial score (nSPS) is 11.9. The molecule has 2 amide bonds. The van der Waals surface area contributed by atoms with E-state index in [0.29, 0.717) is 5.82 Å². The number of amides is 2. The van der Waals surface area contributed by atoms with Crippen LogP contribution in [0.4, 0.5) is 16.3 Å². The van der Waals surface area contributed by atoms with Crippen LogP contribution < -0.4 is 16.0 Å². The van der Waals surface area contributed by atoms with Crippen molar-refractivity contribution in [2.24, 2.45) is 7.05 Å². The van der Waals surface area contributed by atoms with Gasteiger partial charge >= 0.3 is 6.03 Å². The van der Waals surface area contributed by atoms with Gasteiger partial charge in [0.1, 0.15) is 5.82 Å². The fourth-order valence-electron chi connectivity index (χ4n) is 1.83. The van der Waals surface area contributed by atoms with E-state index in [2.05, 4.69) is 28.0 Å². The van der Waals surface area contributed by atoms with E-state index in [1.54, 1.807) is 24.0 Å². The van der Waals surface area contributed by atoms with Crippen molar-refractivity contribution in [3.63, 3.8) is 0 Å². The fourth-order valence-corrected chi connectivity index (χ4v) is 1.83. The van der Waals surface area contributed by atoms with Crippen molar-refractivity contribution in [1.29, 1.82) is 0 Å². The van der Waals surface area contributed by atoms with Crippen molar-refractivity contribution in [1.82, 2.24) is 15.1 Å². The van der Waals surface area contributed by atoms with Crippen LogP contribution in [0.3, 0.4) is 0 Å². The number of aromatic nitrogens is 2. The second-order valence-electron chi connectivity index (χ2n) is 4.56. The molecule has 0 bridgehead atoms. The molecule has 3 N–H and O–H groups in total. The number of hydrogen-bond acceptors (Lipinski definition) is 3. The van der Waals surface area contributed by atoms with E-state index >= 15 is 0 Å². The maximum atomic E-state index is 11.9. The highest BCUT2D eigenvalue weighted by molar-refractivity contribution is 5.99. The quantitative estimate of drug-likeness (QED) is 0.800. The fraction of sp³-hybridized carbons (Fsp3) is 0.286. The summed E-state index contributed by atoms with van der Waals surface area (Å²) in [5, 5.41) is 12.7. The molecule has 0 saturated heterocycles. The molecule has 106 valence electrons. The first-order valence-electron chi connectivity index (χ1n) is 6.43. The summed E-state index contributed by atoms with van der Waals surface area (Å²) in [6, 6.07) is 9.42. The number of hydrogen-bond donors (Lipinski definition) is 3. The standard InChI is InChI=1S/C14H19N5O/c1-10(15-2)11-5-4-6-12(9-11)17-14(20)18-13-7-8-16-19(13)3/h4-10,15H,1-3H3,(H2,17,18,20). The van der Waals surface area contributed by atoms with E-state index in [1.807, 2.05) is 31.3 Å². The minimum absolute atomic E-state index is 0.233. The van der Waals surface area contributed by atoms with Gasteiger partial charge in [-0.3, -0.25) is 10.00 Å². The third-order valence-electron chi connectivity index (χ3n) is 3.14. The average Bonchev–Trinajstić information content (AvgIpc) is 2.83. The van der Waals surface area contributed by atoms with Crippen LogP contribution >= 0.6 is 0 Å². The SMILES string of the molecule is CNC(C)c1cccc(NC(=O)Nc2ccnn2C)c1. The Labute approximate surface area is 118 Å². The molecule has 2 rings (SSSR count). The number of carbonyl (C=O) groups excluding carboxylic acids is 1. The maximum Gasteiger partial charge on any atom is 0.324 e. The number of nitrogens with zero attached hydrogens (tertiary/aromatic N) is 2. The van der Waals surface area contributed by atoms with Gasteiger partial charge in [-0.15, -0.1) is 0 Å². The lowest BCUT2D eigenvalue weighted by Crippen LogP contribution is -2.21. The van der Waals surface area contributed by atoms with Gasteiger partial charge in [0, 0.05) is 24.8 Å². The zero-order chi connectivity index (χ0) is 14.5. The lowest BCUT2D eigenvalue weighted by atomic mass is 10.1. The molecule has 0 radical (unpaired) electrons. The number of urea groups is 1. The molecule has 6 nitrogen and oxygen atoms in total. The average molecular weight is 273 g/mol. The Kier molecular flexibility index (Phi) is 4.37. The molecule has 0 spiro atoms. The van der Waals surface area contributed by atoms with E-state index in [4.69, 9.17) is 0 Å². The van der Waals surface area contributed by atoms with Crippen LogP contribution in [0.25, 0.3) is 0 Å². The third-order valence-corrected chi connectivity index (χ3v) is 3.14. The van der Waals surface area contributed by atoms with Crippen LogP contribution in [-0.4, -0.2) is 22.9 Å². The minimum Gasteiger partial charge on any atom is -0.313 e. The summed E-state index contributed by atoms with van der Waals surface area (Å²) < 4.78 is 1.60. The maximum absolute atomic E-state index is 11.9. The van der Waals surface area contributed by atoms with Crippen molar-refractivity contribution in [3.8, 4) is 0 Å². The molecule has 1 atom stereocenters. The lowest BCUT2D eigenvalue weighted by molar-refractivity contribution is 0.262. The summed E-state index contributed by atoms with van der Waals surface area (Å²) in [5.74, 6) is 0.641. The molecule has 0 aliphatic heterocycles. The van der Waals surface area contributed by atoms with E-state index < -0.39 is 0 Å². The van der Waals surface area contributed by atoms with Gasteiger partial charge in [0.15, 0.2) is 0 Å². The smallest absolute Gasteiger partial charge is 0.313 e. The third kappa shape index (κ3) is 3.36. The predicted molar refractivity (Wildman–Crippen MR) is 79.8 cm³/mol. The summed E-state index contributed by atoms with van der Waals surface area (Å²) in [4.78, 5) is 11.9. The molecule has 20 heavy (non-hydrogen) atoms. The van der Waals surface area contributed by atoms with Crippen LogP contribution in [-0.2, 0) is 7.05 Å². The molecule has 1 aromatic carbocycles. The molecule has 2 aromatic rings. The summed E-state index contributed by atoms with van der Waals surface area (Å²) in [7, 11) is 3.67. The number of benzene rings is 1. The Morgan fingerprint density at radius 2 is 2.10 bits per heavy atom. The van der Waals surface area contributed by atoms with Crippen molar-refractivity contribution in [2.45, 2.75) is 13.0 Å². The predicted octanol–water partition coefficient (Wildman–Crippen LogP) is 2.34. The number of anilines is 2. The van der Waals surface area contributed by atoms with Gasteiger partial charge in [0.25, 0.3) is 0 Å². The molecule has 6 heteroatoms. The van der Waals surface area contributed by atoms with E-state index in [-0.39, 0.29) is 12.1 Å². The zero-order valence-corrected chi connectivity index (χ0v) is 11.8. The largest absolute Gasteiger partial charge is 0.324 e. The number of aryl methyl sites for hydroxylation is 1. The summed E-state index contributed by atoms with van der Waals surface area (Å²) in [5.41, 5.74) is 1.87. The van der Waals surface area contributed by atoms with Crippen LogP contribution in [0.15, 0.2) is 36.5 Å². The second kappa shape index (κ2) is 6.21. The van der Waals surface area contributed by atoms with Crippen LogP contribution in [0.2, 0.25) is 0 Å². The highest BCUT2D eigenvalue weighted by Crippen LogP contribution is 2.17. The van der Waals surface area contributed by atoms with Crippen LogP contribution in [0.1, 0.15) is 18.5 Å². The van der Waals surface area contributed by atoms with Gasteiger partial charge in [0.2, 0.25) is 0 Å². The van der Waals surface area contributed by atoms with Crippen LogP contribution in [0, 0.1) is 0 Å². The Balaban J connectivity index is 2.03. The molecule has 0 saturated carbocycles. The molecule has 1 heterocycles. The van der Waals surface area contributed by atoms with Gasteiger partial charge < -0.3 is 10.6 Å². The topological polar surface area (TPSA) is 71.0 Å². The number of rotatable bonds is 4. The first-order valence-corrected chi connectivity index (χ1v) is 6.43. The molecule has 0 aliphatic carbocycles. The molecule has 1 aromatic heterocycles. The van der Waals surface area contributed by atoms with Gasteiger partial charge in [-0.2, -0.15) is 5.10 Å². The highest BCUT2D eigenvalue weighted by Gasteiger charge is 2.07. The van der Waals surface area contributed by atoms with Gasteiger partial charge in [-0.25, -0.2) is 4.79 Å². The Bertz CT molecular complexity index is 593. The van der Waals surface area contributed by atoms with Crippen molar-refractivity contribution in [2.75, 3.05) is 17.7 Å². The van der Waals surface area contributed by atoms with Crippen molar-refractivity contribution in [3.05, 3.63) is 42.1 Å². The van der Waals surface area contributed by atoms with Crippen LogP contribution in [0.5, 0.6) is 0 Å². The lowest BCUT2D eigenvalue weighted by Gasteiger charge is -2.13. The molecular weight excluding hydrogens is 254 g/mol. The first kappa shape index (κ1) is 14.1. The molecule has 1 unspecified atom stereocenters. The summed E-state index contributed by atoms with van der Waals surface area (Å²) in [6.45, 7) is 2.06. The second-order valence-corrected chi connectivity index (χ2v) is 4.56. The van der Waals surface area contributed by atoms with E-state index in [1.165, 1.54) is 0 Å². The highest BCUT2D eigenvalue weighted by atomic mass is 16.2. The Hall–Kier alpha value is -2.34. The number of nitrogens with one attached hydrogen (secondary N) is 3. The van der Waals surface area contributed by atoms with Gasteiger partial charge in [-0.1, -0.05) is 12.1 Å². The molecule has 0 aliphatic rings. The monoisotopic (exact) mass is 273 g/mol. The summed E-state index contributed by atoms with van der Waals surface area (Å²) in [6.07, 6.45) is 1.63. The van der Waals surface area contributed by atoms with Gasteiger partial charge in [0.05, 0.1) is 6.20 Å². The Morgan fingerprint density at radius 1 is 1.30 bits per heavy atom. The van der Waals surface area contributed by atoms with Crippen molar-refractivity contribution < 1.29 is 4.79 Å². The summed E-state index contributed by atoms with van der Waals surface area (Å²) >= 11 is 0. The zero-order valence-electron chi connectivity index (χ0n) is 11.8. The van der Waals surface area contributed by atoms with Crippen molar-refractivity contribution >= 4 is 17.5 Å².